The Labute approximate surface area is 194 Å². The van der Waals surface area contributed by atoms with Crippen LogP contribution in [0.2, 0.25) is 0 Å². The number of carbonyl (C=O) groups excluding carboxylic acids is 1. The van der Waals surface area contributed by atoms with Crippen LogP contribution in [0.3, 0.4) is 0 Å². The van der Waals surface area contributed by atoms with Crippen LogP contribution in [0, 0.1) is 0 Å². The fraction of sp³-hybridized carbons (Fsp3) is 0.480. The average molecular weight is 489 g/mol. The number of nitrogens with zero attached hydrogens (tertiary/aromatic N) is 2. The second kappa shape index (κ2) is 10.5. The van der Waals surface area contributed by atoms with Gasteiger partial charge in [-0.25, -0.2) is 4.79 Å². The van der Waals surface area contributed by atoms with E-state index in [9.17, 15) is 4.79 Å². The van der Waals surface area contributed by atoms with Crippen LogP contribution in [0.4, 0.5) is 4.79 Å². The molecule has 0 spiro atoms. The van der Waals surface area contributed by atoms with E-state index in [2.05, 4.69) is 52.0 Å². The van der Waals surface area contributed by atoms with E-state index in [1.54, 1.807) is 0 Å². The maximum Gasteiger partial charge on any atom is 0.410 e. The van der Waals surface area contributed by atoms with Crippen molar-refractivity contribution in [3.63, 3.8) is 0 Å². The van der Waals surface area contributed by atoms with Gasteiger partial charge in [0.2, 0.25) is 0 Å². The molecule has 0 radical (unpaired) electrons. The molecular weight excluding hydrogens is 456 g/mol. The van der Waals surface area contributed by atoms with Crippen molar-refractivity contribution in [3.05, 3.63) is 64.1 Å². The zero-order chi connectivity index (χ0) is 22.4. The van der Waals surface area contributed by atoms with E-state index >= 15 is 0 Å². The van der Waals surface area contributed by atoms with Crippen molar-refractivity contribution < 1.29 is 14.3 Å². The molecule has 1 atom stereocenters. The van der Waals surface area contributed by atoms with E-state index in [1.165, 1.54) is 5.56 Å². The summed E-state index contributed by atoms with van der Waals surface area (Å²) in [6.45, 7) is 11.7. The molecule has 3 rings (SSSR count). The Morgan fingerprint density at radius 2 is 1.84 bits per heavy atom. The van der Waals surface area contributed by atoms with Gasteiger partial charge in [0.1, 0.15) is 18.0 Å². The molecular formula is C25H33BrN2O3. The summed E-state index contributed by atoms with van der Waals surface area (Å²) < 4.78 is 12.5. The molecule has 1 amide bonds. The first kappa shape index (κ1) is 23.6. The van der Waals surface area contributed by atoms with Gasteiger partial charge in [-0.2, -0.15) is 0 Å². The summed E-state index contributed by atoms with van der Waals surface area (Å²) in [5.41, 5.74) is 1.96. The Hall–Kier alpha value is -2.05. The van der Waals surface area contributed by atoms with E-state index in [0.717, 1.165) is 41.8 Å². The zero-order valence-corrected chi connectivity index (χ0v) is 20.5. The first-order valence-corrected chi connectivity index (χ1v) is 11.7. The van der Waals surface area contributed by atoms with E-state index in [1.807, 2.05) is 49.9 Å². The number of ether oxygens (including phenoxy) is 2. The van der Waals surface area contributed by atoms with Crippen LogP contribution < -0.4 is 4.74 Å². The molecule has 1 aliphatic heterocycles. The van der Waals surface area contributed by atoms with E-state index in [4.69, 9.17) is 9.47 Å². The Morgan fingerprint density at radius 1 is 1.10 bits per heavy atom. The molecule has 1 unspecified atom stereocenters. The van der Waals surface area contributed by atoms with Crippen molar-refractivity contribution in [3.8, 4) is 5.75 Å². The molecule has 1 saturated heterocycles. The lowest BCUT2D eigenvalue weighted by molar-refractivity contribution is 0.00163. The highest BCUT2D eigenvalue weighted by atomic mass is 79.9. The van der Waals surface area contributed by atoms with Crippen LogP contribution in [0.15, 0.2) is 53.0 Å². The van der Waals surface area contributed by atoms with Gasteiger partial charge in [0.05, 0.1) is 4.47 Å². The third-order valence-corrected chi connectivity index (χ3v) is 5.91. The first-order chi connectivity index (χ1) is 14.7. The van der Waals surface area contributed by atoms with Crippen LogP contribution in [0.5, 0.6) is 5.75 Å². The van der Waals surface area contributed by atoms with Gasteiger partial charge in [-0.1, -0.05) is 36.4 Å². The van der Waals surface area contributed by atoms with Crippen molar-refractivity contribution >= 4 is 22.0 Å². The van der Waals surface area contributed by atoms with E-state index in [-0.39, 0.29) is 12.1 Å². The quantitative estimate of drug-likeness (QED) is 0.537. The molecule has 1 heterocycles. The van der Waals surface area contributed by atoms with Gasteiger partial charge in [0.15, 0.2) is 0 Å². The van der Waals surface area contributed by atoms with Gasteiger partial charge >= 0.3 is 6.09 Å². The Bertz CT molecular complexity index is 867. The summed E-state index contributed by atoms with van der Waals surface area (Å²) in [6.07, 6.45) is 0.742. The predicted molar refractivity (Wildman–Crippen MR) is 127 cm³/mol. The minimum Gasteiger partial charge on any atom is -0.488 e. The normalized spacial score (nSPS) is 17.5. The van der Waals surface area contributed by atoms with Gasteiger partial charge in [-0.05, 0) is 73.3 Å². The lowest BCUT2D eigenvalue weighted by Gasteiger charge is -2.40. The number of hydrogen-bond acceptors (Lipinski definition) is 4. The Kier molecular flexibility index (Phi) is 8.00. The molecule has 31 heavy (non-hydrogen) atoms. The monoisotopic (exact) mass is 488 g/mol. The molecule has 1 aliphatic rings. The van der Waals surface area contributed by atoms with Crippen LogP contribution in [0.25, 0.3) is 0 Å². The van der Waals surface area contributed by atoms with Crippen molar-refractivity contribution in [2.24, 2.45) is 0 Å². The molecule has 0 aliphatic carbocycles. The summed E-state index contributed by atoms with van der Waals surface area (Å²) in [5, 5.41) is 0. The molecule has 0 N–H and O–H groups in total. The highest BCUT2D eigenvalue weighted by Crippen LogP contribution is 2.27. The molecule has 2 aromatic carbocycles. The SMILES string of the molecule is CC1CN(CCc2ccc(OCc3ccccc3)c(Br)c2)CCN1C(=O)OC(C)(C)C. The lowest BCUT2D eigenvalue weighted by atomic mass is 10.1. The van der Waals surface area contributed by atoms with Gasteiger partial charge in [0, 0.05) is 32.2 Å². The zero-order valence-electron chi connectivity index (χ0n) is 18.9. The number of piperazine rings is 1. The Balaban J connectivity index is 1.47. The van der Waals surface area contributed by atoms with Crippen LogP contribution >= 0.6 is 15.9 Å². The van der Waals surface area contributed by atoms with Gasteiger partial charge in [0.25, 0.3) is 0 Å². The van der Waals surface area contributed by atoms with E-state index < -0.39 is 5.60 Å². The van der Waals surface area contributed by atoms with Crippen molar-refractivity contribution in [1.29, 1.82) is 0 Å². The smallest absolute Gasteiger partial charge is 0.410 e. The number of amides is 1. The Morgan fingerprint density at radius 3 is 2.48 bits per heavy atom. The number of hydrogen-bond donors (Lipinski definition) is 0. The topological polar surface area (TPSA) is 42.0 Å². The number of benzene rings is 2. The summed E-state index contributed by atoms with van der Waals surface area (Å²) >= 11 is 3.65. The molecule has 1 fully saturated rings. The molecule has 5 nitrogen and oxygen atoms in total. The van der Waals surface area contributed by atoms with E-state index in [0.29, 0.717) is 13.2 Å². The summed E-state index contributed by atoms with van der Waals surface area (Å²) in [6, 6.07) is 16.6. The standard InChI is InChI=1S/C25H33BrN2O3/c1-19-17-27(14-15-28(19)24(29)31-25(2,3)4)13-12-20-10-11-23(22(26)16-20)30-18-21-8-6-5-7-9-21/h5-11,16,19H,12-15,17-18H2,1-4H3. The minimum atomic E-state index is -0.460. The van der Waals surface area contributed by atoms with Gasteiger partial charge < -0.3 is 14.4 Å². The second-order valence-electron chi connectivity index (χ2n) is 9.11. The molecule has 2 aromatic rings. The van der Waals surface area contributed by atoms with Gasteiger partial charge in [-0.15, -0.1) is 0 Å². The fourth-order valence-electron chi connectivity index (χ4n) is 3.67. The molecule has 0 bridgehead atoms. The summed E-state index contributed by atoms with van der Waals surface area (Å²) in [4.78, 5) is 16.7. The van der Waals surface area contributed by atoms with Gasteiger partial charge in [-0.3, -0.25) is 4.90 Å². The predicted octanol–water partition coefficient (Wildman–Crippen LogP) is 5.51. The third kappa shape index (κ3) is 7.25. The van der Waals surface area contributed by atoms with Crippen molar-refractivity contribution in [2.75, 3.05) is 26.2 Å². The molecule has 168 valence electrons. The maximum atomic E-state index is 12.4. The minimum absolute atomic E-state index is 0.143. The van der Waals surface area contributed by atoms with Crippen LogP contribution in [-0.2, 0) is 17.8 Å². The molecule has 0 aromatic heterocycles. The number of rotatable bonds is 6. The van der Waals surface area contributed by atoms with Crippen LogP contribution in [-0.4, -0.2) is 53.7 Å². The molecule has 6 heteroatoms. The highest BCUT2D eigenvalue weighted by molar-refractivity contribution is 9.10. The maximum absolute atomic E-state index is 12.4. The largest absolute Gasteiger partial charge is 0.488 e. The average Bonchev–Trinajstić information content (AvgIpc) is 2.71. The lowest BCUT2D eigenvalue weighted by Crippen LogP contribution is -2.55. The van der Waals surface area contributed by atoms with Crippen LogP contribution in [0.1, 0.15) is 38.8 Å². The summed E-state index contributed by atoms with van der Waals surface area (Å²) in [5.74, 6) is 0.854. The van der Waals surface area contributed by atoms with Crippen molar-refractivity contribution in [2.45, 2.75) is 52.4 Å². The number of halogens is 1. The number of carbonyl (C=O) groups is 1. The highest BCUT2D eigenvalue weighted by Gasteiger charge is 2.30. The second-order valence-corrected chi connectivity index (χ2v) is 9.97. The third-order valence-electron chi connectivity index (χ3n) is 5.29. The fourth-order valence-corrected chi connectivity index (χ4v) is 4.21. The van der Waals surface area contributed by atoms with Crippen molar-refractivity contribution in [1.82, 2.24) is 9.80 Å². The molecule has 0 saturated carbocycles. The first-order valence-electron chi connectivity index (χ1n) is 10.9. The summed E-state index contributed by atoms with van der Waals surface area (Å²) in [7, 11) is 0.